The smallest absolute Gasteiger partial charge is 0.182 e. The molecule has 1 N–H and O–H groups in total. The van der Waals surface area contributed by atoms with E-state index in [2.05, 4.69) is 20.2 Å². The van der Waals surface area contributed by atoms with E-state index in [4.69, 9.17) is 0 Å². The molecule has 1 fully saturated rings. The average Bonchev–Trinajstić information content (AvgIpc) is 3.00. The van der Waals surface area contributed by atoms with Crippen LogP contribution in [0, 0.1) is 5.82 Å². The van der Waals surface area contributed by atoms with Crippen molar-refractivity contribution in [1.82, 2.24) is 20.2 Å². The molecule has 0 aliphatic heterocycles. The summed E-state index contributed by atoms with van der Waals surface area (Å²) in [6.45, 7) is 0. The molecular formula is C12H13FN4. The molecule has 4 nitrogen and oxygen atoms in total. The molecule has 1 aliphatic carbocycles. The number of nitrogens with zero attached hydrogens (tertiary/aromatic N) is 3. The maximum Gasteiger partial charge on any atom is 0.182 e. The quantitative estimate of drug-likeness (QED) is 0.866. The van der Waals surface area contributed by atoms with Crippen molar-refractivity contribution in [2.45, 2.75) is 31.6 Å². The Morgan fingerprint density at radius 1 is 1.24 bits per heavy atom. The van der Waals surface area contributed by atoms with Crippen LogP contribution in [0.5, 0.6) is 0 Å². The van der Waals surface area contributed by atoms with Gasteiger partial charge in [-0.05, 0) is 18.9 Å². The van der Waals surface area contributed by atoms with E-state index in [1.54, 1.807) is 6.20 Å². The van der Waals surface area contributed by atoms with Crippen LogP contribution in [0.1, 0.15) is 37.4 Å². The number of H-pyrrole nitrogens is 1. The number of halogens is 1. The summed E-state index contributed by atoms with van der Waals surface area (Å²) in [5, 5.41) is 7.08. The minimum Gasteiger partial charge on any atom is -0.262 e. The van der Waals surface area contributed by atoms with Gasteiger partial charge in [0.2, 0.25) is 0 Å². The van der Waals surface area contributed by atoms with Gasteiger partial charge in [0, 0.05) is 17.7 Å². The minimum absolute atomic E-state index is 0.366. The fourth-order valence-electron chi connectivity index (χ4n) is 2.32. The van der Waals surface area contributed by atoms with Crippen molar-refractivity contribution < 1.29 is 4.39 Å². The Bertz CT molecular complexity index is 517. The number of pyridine rings is 1. The minimum atomic E-state index is -0.366. The Kier molecular flexibility index (Phi) is 2.59. The highest BCUT2D eigenvalue weighted by atomic mass is 19.1. The van der Waals surface area contributed by atoms with Crippen molar-refractivity contribution >= 4 is 0 Å². The first-order chi connectivity index (χ1) is 8.33. The summed E-state index contributed by atoms with van der Waals surface area (Å²) in [5.41, 5.74) is 0.616. The van der Waals surface area contributed by atoms with E-state index in [-0.39, 0.29) is 5.82 Å². The second kappa shape index (κ2) is 4.24. The van der Waals surface area contributed by atoms with Crippen LogP contribution < -0.4 is 0 Å². The summed E-state index contributed by atoms with van der Waals surface area (Å²) < 4.78 is 13.0. The highest BCUT2D eigenvalue weighted by Gasteiger charge is 2.20. The van der Waals surface area contributed by atoms with Gasteiger partial charge in [-0.2, -0.15) is 5.10 Å². The monoisotopic (exact) mass is 232 g/mol. The fraction of sp³-hybridized carbons (Fsp3) is 0.417. The molecule has 0 saturated heterocycles. The topological polar surface area (TPSA) is 54.5 Å². The fourth-order valence-corrected chi connectivity index (χ4v) is 2.32. The largest absolute Gasteiger partial charge is 0.262 e. The molecule has 1 saturated carbocycles. The van der Waals surface area contributed by atoms with Crippen LogP contribution in [0.3, 0.4) is 0 Å². The molecule has 0 atom stereocenters. The van der Waals surface area contributed by atoms with Gasteiger partial charge in [-0.3, -0.25) is 10.1 Å². The molecule has 0 spiro atoms. The molecule has 88 valence electrons. The van der Waals surface area contributed by atoms with E-state index < -0.39 is 0 Å². The van der Waals surface area contributed by atoms with Crippen molar-refractivity contribution in [2.75, 3.05) is 0 Å². The van der Waals surface area contributed by atoms with E-state index in [0.29, 0.717) is 17.3 Å². The Labute approximate surface area is 98.3 Å². The van der Waals surface area contributed by atoms with Crippen LogP contribution in [-0.4, -0.2) is 20.2 Å². The van der Waals surface area contributed by atoms with E-state index in [1.807, 2.05) is 0 Å². The molecule has 0 bridgehead atoms. The van der Waals surface area contributed by atoms with Gasteiger partial charge >= 0.3 is 0 Å². The lowest BCUT2D eigenvalue weighted by Gasteiger charge is -2.01. The molecule has 0 aromatic carbocycles. The van der Waals surface area contributed by atoms with Gasteiger partial charge in [0.25, 0.3) is 0 Å². The van der Waals surface area contributed by atoms with Crippen molar-refractivity contribution in [3.63, 3.8) is 0 Å². The molecule has 2 heterocycles. The first kappa shape index (κ1) is 10.4. The van der Waals surface area contributed by atoms with E-state index in [0.717, 1.165) is 18.7 Å². The van der Waals surface area contributed by atoms with Crippen LogP contribution in [0.25, 0.3) is 11.4 Å². The highest BCUT2D eigenvalue weighted by molar-refractivity contribution is 5.52. The number of hydrogen-bond donors (Lipinski definition) is 1. The normalized spacial score (nSPS) is 16.5. The zero-order chi connectivity index (χ0) is 11.7. The lowest BCUT2D eigenvalue weighted by Crippen LogP contribution is -1.94. The zero-order valence-electron chi connectivity index (χ0n) is 9.36. The van der Waals surface area contributed by atoms with Crippen molar-refractivity contribution in [2.24, 2.45) is 0 Å². The van der Waals surface area contributed by atoms with Crippen LogP contribution in [-0.2, 0) is 0 Å². The molecule has 5 heteroatoms. The Balaban J connectivity index is 1.89. The lowest BCUT2D eigenvalue weighted by molar-refractivity contribution is 0.622. The molecule has 0 radical (unpaired) electrons. The van der Waals surface area contributed by atoms with Gasteiger partial charge in [-0.1, -0.05) is 12.8 Å². The predicted octanol–water partition coefficient (Wildman–Crippen LogP) is 2.66. The second-order valence-electron chi connectivity index (χ2n) is 4.42. The summed E-state index contributed by atoms with van der Waals surface area (Å²) in [6.07, 6.45) is 7.58. The number of nitrogens with one attached hydrogen (secondary N) is 1. The Hall–Kier alpha value is -1.78. The molecule has 2 aromatic rings. The molecule has 2 aromatic heterocycles. The summed E-state index contributed by atoms with van der Waals surface area (Å²) in [7, 11) is 0. The van der Waals surface area contributed by atoms with E-state index in [1.165, 1.54) is 25.1 Å². The summed E-state index contributed by atoms with van der Waals surface area (Å²) in [5.74, 6) is 1.56. The SMILES string of the molecule is Fc1cncc(-c2n[nH]c(C3CCCC3)n2)c1. The van der Waals surface area contributed by atoms with Gasteiger partial charge in [0.15, 0.2) is 5.82 Å². The summed E-state index contributed by atoms with van der Waals surface area (Å²) >= 11 is 0. The van der Waals surface area contributed by atoms with Gasteiger partial charge in [-0.15, -0.1) is 0 Å². The Morgan fingerprint density at radius 2 is 2.06 bits per heavy atom. The second-order valence-corrected chi connectivity index (χ2v) is 4.42. The molecule has 0 unspecified atom stereocenters. The third-order valence-electron chi connectivity index (χ3n) is 3.21. The predicted molar refractivity (Wildman–Crippen MR) is 60.8 cm³/mol. The first-order valence-corrected chi connectivity index (χ1v) is 5.86. The average molecular weight is 232 g/mol. The number of aromatic amines is 1. The number of rotatable bonds is 2. The maximum atomic E-state index is 13.0. The third kappa shape index (κ3) is 2.05. The van der Waals surface area contributed by atoms with Crippen molar-refractivity contribution in [1.29, 1.82) is 0 Å². The molecule has 0 amide bonds. The summed E-state index contributed by atoms with van der Waals surface area (Å²) in [6, 6.07) is 1.40. The Morgan fingerprint density at radius 3 is 2.82 bits per heavy atom. The van der Waals surface area contributed by atoms with Crippen LogP contribution in [0.4, 0.5) is 4.39 Å². The van der Waals surface area contributed by atoms with Crippen LogP contribution in [0.2, 0.25) is 0 Å². The molecule has 3 rings (SSSR count). The molecule has 17 heavy (non-hydrogen) atoms. The summed E-state index contributed by atoms with van der Waals surface area (Å²) in [4.78, 5) is 8.23. The van der Waals surface area contributed by atoms with Gasteiger partial charge in [0.1, 0.15) is 11.6 Å². The van der Waals surface area contributed by atoms with Gasteiger partial charge in [0.05, 0.1) is 6.20 Å². The van der Waals surface area contributed by atoms with E-state index in [9.17, 15) is 4.39 Å². The number of aromatic nitrogens is 4. The van der Waals surface area contributed by atoms with Gasteiger partial charge in [-0.25, -0.2) is 9.37 Å². The first-order valence-electron chi connectivity index (χ1n) is 5.86. The maximum absolute atomic E-state index is 13.0. The molecule has 1 aliphatic rings. The van der Waals surface area contributed by atoms with Crippen LogP contribution >= 0.6 is 0 Å². The highest BCUT2D eigenvalue weighted by Crippen LogP contribution is 2.32. The zero-order valence-corrected chi connectivity index (χ0v) is 9.36. The van der Waals surface area contributed by atoms with Crippen molar-refractivity contribution in [3.8, 4) is 11.4 Å². The lowest BCUT2D eigenvalue weighted by atomic mass is 10.1. The standard InChI is InChI=1S/C12H13FN4/c13-10-5-9(6-14-7-10)12-15-11(16-17-12)8-3-1-2-4-8/h5-8H,1-4H2,(H,15,16,17). The molecular weight excluding hydrogens is 219 g/mol. The van der Waals surface area contributed by atoms with Crippen LogP contribution in [0.15, 0.2) is 18.5 Å². The van der Waals surface area contributed by atoms with Crippen molar-refractivity contribution in [3.05, 3.63) is 30.1 Å². The van der Waals surface area contributed by atoms with Gasteiger partial charge < -0.3 is 0 Å². The third-order valence-corrected chi connectivity index (χ3v) is 3.21. The van der Waals surface area contributed by atoms with E-state index >= 15 is 0 Å². The number of hydrogen-bond acceptors (Lipinski definition) is 3.